The van der Waals surface area contributed by atoms with Crippen LogP contribution in [0, 0.1) is 0 Å². The number of ether oxygens (including phenoxy) is 4. The molecule has 1 heterocycles. The molecule has 0 fully saturated rings. The molecule has 0 saturated heterocycles. The lowest BCUT2D eigenvalue weighted by molar-refractivity contribution is -0.157. The van der Waals surface area contributed by atoms with Crippen molar-refractivity contribution in [3.8, 4) is 0 Å². The molecule has 3 atom stereocenters. The molecule has 1 aliphatic heterocycles. The summed E-state index contributed by atoms with van der Waals surface area (Å²) in [5.41, 5.74) is 2.60. The fraction of sp³-hybridized carbons (Fsp3) is 0.344. The fourth-order valence-electron chi connectivity index (χ4n) is 4.62. The van der Waals surface area contributed by atoms with Gasteiger partial charge in [-0.2, -0.15) is 0 Å². The lowest BCUT2D eigenvalue weighted by Crippen LogP contribution is -2.44. The summed E-state index contributed by atoms with van der Waals surface area (Å²) in [6.45, 7) is 5.60. The van der Waals surface area contributed by atoms with E-state index in [4.69, 9.17) is 28.0 Å². The Balaban J connectivity index is 1.81. The summed E-state index contributed by atoms with van der Waals surface area (Å²) >= 11 is 0. The highest BCUT2D eigenvalue weighted by molar-refractivity contribution is 7.58. The Labute approximate surface area is 241 Å². The number of hydrogen-bond acceptors (Lipinski definition) is 8. The highest BCUT2D eigenvalue weighted by Crippen LogP contribution is 2.64. The Kier molecular flexibility index (Phi) is 11.5. The van der Waals surface area contributed by atoms with Crippen molar-refractivity contribution in [2.45, 2.75) is 52.3 Å². The quantitative estimate of drug-likeness (QED) is 0.149. The van der Waals surface area contributed by atoms with Gasteiger partial charge in [0.25, 0.3) is 0 Å². The van der Waals surface area contributed by atoms with Crippen LogP contribution in [0.5, 0.6) is 0 Å². The molecule has 0 amide bonds. The van der Waals surface area contributed by atoms with Crippen LogP contribution in [0.15, 0.2) is 102 Å². The Bertz CT molecular complexity index is 1300. The normalized spacial score (nSPS) is 19.2. The lowest BCUT2D eigenvalue weighted by Gasteiger charge is -2.40. The minimum Gasteiger partial charge on any atom is -0.428 e. The summed E-state index contributed by atoms with van der Waals surface area (Å²) in [5, 5.41) is 0.111. The molecule has 3 aromatic rings. The molecule has 218 valence electrons. The van der Waals surface area contributed by atoms with Crippen LogP contribution in [0.1, 0.15) is 43.6 Å². The topological polar surface area (TPSA) is 89.5 Å². The van der Waals surface area contributed by atoms with Gasteiger partial charge in [-0.05, 0) is 30.5 Å². The van der Waals surface area contributed by atoms with Gasteiger partial charge < -0.3 is 28.0 Å². The van der Waals surface area contributed by atoms with Crippen LogP contribution in [0.4, 0.5) is 0 Å². The van der Waals surface area contributed by atoms with Crippen molar-refractivity contribution in [2.24, 2.45) is 0 Å². The Morgan fingerprint density at radius 1 is 0.805 bits per heavy atom. The predicted molar refractivity (Wildman–Crippen MR) is 155 cm³/mol. The molecule has 3 aromatic carbocycles. The van der Waals surface area contributed by atoms with Crippen LogP contribution in [0.2, 0.25) is 0 Å². The zero-order chi connectivity index (χ0) is 29.1. The van der Waals surface area contributed by atoms with Crippen LogP contribution >= 0.6 is 7.60 Å². The summed E-state index contributed by atoms with van der Waals surface area (Å²) in [7, 11) is -4.01. The van der Waals surface area contributed by atoms with E-state index in [0.29, 0.717) is 12.2 Å². The second kappa shape index (κ2) is 15.2. The van der Waals surface area contributed by atoms with Crippen molar-refractivity contribution in [1.82, 2.24) is 0 Å². The molecular formula is C32H37O8P. The molecule has 0 aromatic heterocycles. The summed E-state index contributed by atoms with van der Waals surface area (Å²) in [5.74, 6) is -0.532. The number of rotatable bonds is 14. The van der Waals surface area contributed by atoms with Gasteiger partial charge in [-0.3, -0.25) is 9.36 Å². The SMILES string of the molecule is CCOP(=O)(OCC)C1=C(OC(C)=O)[C@H](OCc2ccccc2)[C@@H](COCc2ccccc2)O[C@@H]1c1ccccc1. The molecule has 0 radical (unpaired) electrons. The lowest BCUT2D eigenvalue weighted by atomic mass is 10.0. The molecule has 0 saturated carbocycles. The van der Waals surface area contributed by atoms with Crippen molar-refractivity contribution in [1.29, 1.82) is 0 Å². The molecular weight excluding hydrogens is 543 g/mol. The first-order valence-electron chi connectivity index (χ1n) is 13.7. The van der Waals surface area contributed by atoms with Crippen LogP contribution in [0.25, 0.3) is 0 Å². The van der Waals surface area contributed by atoms with Crippen LogP contribution in [-0.2, 0) is 50.6 Å². The van der Waals surface area contributed by atoms with Gasteiger partial charge in [-0.25, -0.2) is 0 Å². The van der Waals surface area contributed by atoms with E-state index in [0.717, 1.165) is 11.1 Å². The summed E-state index contributed by atoms with van der Waals surface area (Å²) < 4.78 is 50.9. The van der Waals surface area contributed by atoms with E-state index in [1.807, 2.05) is 91.0 Å². The number of hydrogen-bond donors (Lipinski definition) is 0. The number of benzene rings is 3. The van der Waals surface area contributed by atoms with E-state index in [9.17, 15) is 9.36 Å². The monoisotopic (exact) mass is 580 g/mol. The van der Waals surface area contributed by atoms with Crippen LogP contribution in [0.3, 0.4) is 0 Å². The van der Waals surface area contributed by atoms with Crippen molar-refractivity contribution in [3.63, 3.8) is 0 Å². The molecule has 8 nitrogen and oxygen atoms in total. The first-order valence-corrected chi connectivity index (χ1v) is 15.3. The molecule has 1 aliphatic rings. The molecule has 0 bridgehead atoms. The van der Waals surface area contributed by atoms with E-state index in [1.165, 1.54) is 6.92 Å². The average Bonchev–Trinajstić information content (AvgIpc) is 2.98. The van der Waals surface area contributed by atoms with Gasteiger partial charge in [-0.15, -0.1) is 0 Å². The van der Waals surface area contributed by atoms with E-state index in [1.54, 1.807) is 13.8 Å². The van der Waals surface area contributed by atoms with E-state index in [2.05, 4.69) is 0 Å². The van der Waals surface area contributed by atoms with Gasteiger partial charge in [-0.1, -0.05) is 91.0 Å². The Morgan fingerprint density at radius 3 is 1.88 bits per heavy atom. The average molecular weight is 581 g/mol. The predicted octanol–water partition coefficient (Wildman–Crippen LogP) is 6.97. The van der Waals surface area contributed by atoms with E-state index < -0.39 is 31.9 Å². The molecule has 4 rings (SSSR count). The van der Waals surface area contributed by atoms with Crippen LogP contribution < -0.4 is 0 Å². The Hall–Kier alpha value is -3.10. The number of esters is 1. The number of carbonyl (C=O) groups excluding carboxylic acids is 1. The van der Waals surface area contributed by atoms with E-state index >= 15 is 0 Å². The van der Waals surface area contributed by atoms with Gasteiger partial charge in [0, 0.05) is 6.92 Å². The summed E-state index contributed by atoms with van der Waals surface area (Å²) in [4.78, 5) is 12.5. The minimum absolute atomic E-state index is 0.0621. The van der Waals surface area contributed by atoms with Gasteiger partial charge in [0.15, 0.2) is 5.76 Å². The van der Waals surface area contributed by atoms with Crippen LogP contribution in [-0.4, -0.2) is 38.0 Å². The van der Waals surface area contributed by atoms with Crippen molar-refractivity contribution < 1.29 is 37.4 Å². The highest BCUT2D eigenvalue weighted by atomic mass is 31.2. The summed E-state index contributed by atoms with van der Waals surface area (Å²) in [6.07, 6.45) is -2.57. The van der Waals surface area contributed by atoms with E-state index in [-0.39, 0.29) is 37.5 Å². The molecule has 0 N–H and O–H groups in total. The maximum absolute atomic E-state index is 14.4. The molecule has 9 heteroatoms. The van der Waals surface area contributed by atoms with Crippen molar-refractivity contribution >= 4 is 13.6 Å². The smallest absolute Gasteiger partial charge is 0.363 e. The van der Waals surface area contributed by atoms with Gasteiger partial charge >= 0.3 is 13.6 Å². The zero-order valence-electron chi connectivity index (χ0n) is 23.6. The molecule has 41 heavy (non-hydrogen) atoms. The maximum Gasteiger partial charge on any atom is 0.363 e. The molecule has 0 aliphatic carbocycles. The Morgan fingerprint density at radius 2 is 1.34 bits per heavy atom. The maximum atomic E-state index is 14.4. The fourth-order valence-corrected chi connectivity index (χ4v) is 6.59. The molecule has 0 unspecified atom stereocenters. The molecule has 0 spiro atoms. The third-order valence-electron chi connectivity index (χ3n) is 6.32. The number of carbonyl (C=O) groups is 1. The van der Waals surface area contributed by atoms with Gasteiger partial charge in [0.1, 0.15) is 23.6 Å². The largest absolute Gasteiger partial charge is 0.428 e. The standard InChI is InChI=1S/C32H37O8P/c1-4-37-41(34,38-5-2)32-29(27-19-13-8-14-20-27)40-28(23-35-21-25-15-9-6-10-16-25)30(31(32)39-24(3)33)36-22-26-17-11-7-12-18-26/h6-20,28-30H,4-5,21-23H2,1-3H3/t28-,29-,30-/m1/s1. The van der Waals surface area contributed by atoms with Crippen molar-refractivity contribution in [3.05, 3.63) is 119 Å². The second-order valence-electron chi connectivity index (χ2n) is 9.36. The first kappa shape index (κ1) is 30.8. The minimum atomic E-state index is -4.01. The van der Waals surface area contributed by atoms with Gasteiger partial charge in [0.2, 0.25) is 0 Å². The second-order valence-corrected chi connectivity index (χ2v) is 11.4. The summed E-state index contributed by atoms with van der Waals surface area (Å²) in [6, 6.07) is 28.7. The third kappa shape index (κ3) is 8.23. The first-order chi connectivity index (χ1) is 19.9. The van der Waals surface area contributed by atoms with Gasteiger partial charge in [0.05, 0.1) is 33.0 Å². The van der Waals surface area contributed by atoms with Crippen molar-refractivity contribution in [2.75, 3.05) is 19.8 Å². The highest BCUT2D eigenvalue weighted by Gasteiger charge is 2.49. The zero-order valence-corrected chi connectivity index (χ0v) is 24.5. The third-order valence-corrected chi connectivity index (χ3v) is 8.56.